The Hall–Kier alpha value is -3.78. The number of thiazole rings is 1. The van der Waals surface area contributed by atoms with Gasteiger partial charge < -0.3 is 19.7 Å². The number of carbonyl (C=O) groups is 2. The minimum atomic E-state index is -4.96. The molecule has 9 nitrogen and oxygen atoms in total. The molecule has 1 aliphatic carbocycles. The van der Waals surface area contributed by atoms with Gasteiger partial charge >= 0.3 is 6.18 Å². The van der Waals surface area contributed by atoms with E-state index in [1.165, 1.54) is 24.6 Å². The van der Waals surface area contributed by atoms with Gasteiger partial charge in [0.15, 0.2) is 5.01 Å². The summed E-state index contributed by atoms with van der Waals surface area (Å²) in [5.74, 6) is -1.58. The summed E-state index contributed by atoms with van der Waals surface area (Å²) in [6.45, 7) is 5.55. The van der Waals surface area contributed by atoms with Crippen molar-refractivity contribution in [1.29, 1.82) is 0 Å². The first kappa shape index (κ1) is 31.6. The molecule has 1 saturated carbocycles. The van der Waals surface area contributed by atoms with Crippen LogP contribution in [-0.4, -0.2) is 77.0 Å². The second kappa shape index (κ2) is 12.0. The van der Waals surface area contributed by atoms with Crippen LogP contribution in [0.4, 0.5) is 28.9 Å². The number of carbonyl (C=O) groups excluding carboxylic acids is 2. The van der Waals surface area contributed by atoms with Crippen LogP contribution in [0.5, 0.6) is 0 Å². The number of rotatable bonds is 7. The van der Waals surface area contributed by atoms with Gasteiger partial charge in [0, 0.05) is 75.1 Å². The Morgan fingerprint density at radius 2 is 1.77 bits per heavy atom. The normalized spacial score (nSPS) is 19.2. The van der Waals surface area contributed by atoms with Crippen LogP contribution in [0, 0.1) is 11.7 Å². The number of halogens is 4. The molecule has 1 aromatic carbocycles. The van der Waals surface area contributed by atoms with Crippen LogP contribution in [0.2, 0.25) is 0 Å². The highest BCUT2D eigenvalue weighted by Gasteiger charge is 2.37. The minimum Gasteiger partial charge on any atom is -0.367 e. The number of likely N-dealkylation sites (N-methyl/N-ethyl adjacent to an activating group) is 1. The highest BCUT2D eigenvalue weighted by Crippen LogP contribution is 2.38. The lowest BCUT2D eigenvalue weighted by Crippen LogP contribution is -2.55. The van der Waals surface area contributed by atoms with Crippen molar-refractivity contribution in [2.75, 3.05) is 43.9 Å². The predicted octanol–water partition coefficient (Wildman–Crippen LogP) is 4.93. The van der Waals surface area contributed by atoms with Gasteiger partial charge in [-0.1, -0.05) is 0 Å². The maximum atomic E-state index is 15.8. The maximum absolute atomic E-state index is 15.8. The summed E-state index contributed by atoms with van der Waals surface area (Å²) in [6, 6.07) is 3.07. The van der Waals surface area contributed by atoms with Crippen molar-refractivity contribution in [2.24, 2.45) is 13.0 Å². The number of anilines is 2. The van der Waals surface area contributed by atoms with E-state index in [0.717, 1.165) is 34.9 Å². The Bertz CT molecular complexity index is 1640. The Kier molecular flexibility index (Phi) is 8.60. The summed E-state index contributed by atoms with van der Waals surface area (Å²) >= 11 is 1.06. The van der Waals surface area contributed by atoms with E-state index in [4.69, 9.17) is 0 Å². The number of nitrogens with one attached hydrogen (secondary N) is 1. The molecule has 1 aliphatic heterocycles. The van der Waals surface area contributed by atoms with Gasteiger partial charge in [-0.15, -0.1) is 11.3 Å². The van der Waals surface area contributed by atoms with Crippen LogP contribution in [0.3, 0.4) is 0 Å². The van der Waals surface area contributed by atoms with Crippen LogP contribution in [0.15, 0.2) is 34.6 Å². The van der Waals surface area contributed by atoms with Crippen LogP contribution >= 0.6 is 11.3 Å². The second-order valence-electron chi connectivity index (χ2n) is 11.8. The number of hydrogen-bond donors (Lipinski definition) is 1. The fourth-order valence-electron chi connectivity index (χ4n) is 5.39. The number of nitrogens with zero attached hydrogens (tertiary/aromatic N) is 5. The fraction of sp³-hybridized carbons (Fsp3) is 0.467. The third-order valence-corrected chi connectivity index (χ3v) is 9.18. The standard InChI is InChI=1S/C30H34F4N6O3S/c1-16-11-40(12-17(2)39(16)5)25-10-22(31)19(24-15-44-28(36-24)29(43)38(4)13-18-6-7-18)8-23(25)35-27(42)20-14-37(3)26(41)9-21(20)30(32,33)34/h8-10,14-18H,6-7,11-13H2,1-5H3,(H,35,42). The molecule has 3 heterocycles. The number of aromatic nitrogens is 2. The molecular weight excluding hydrogens is 600 g/mol. The molecule has 236 valence electrons. The lowest BCUT2D eigenvalue weighted by molar-refractivity contribution is -0.138. The molecule has 0 radical (unpaired) electrons. The van der Waals surface area contributed by atoms with E-state index in [9.17, 15) is 27.6 Å². The molecule has 2 aromatic heterocycles. The molecule has 0 spiro atoms. The summed E-state index contributed by atoms with van der Waals surface area (Å²) in [6.07, 6.45) is -1.99. The topological polar surface area (TPSA) is 90.8 Å². The van der Waals surface area contributed by atoms with E-state index in [0.29, 0.717) is 37.3 Å². The molecule has 1 saturated heterocycles. The first-order chi connectivity index (χ1) is 20.6. The average Bonchev–Trinajstić information content (AvgIpc) is 3.63. The molecule has 2 unspecified atom stereocenters. The van der Waals surface area contributed by atoms with Crippen molar-refractivity contribution in [1.82, 2.24) is 19.4 Å². The highest BCUT2D eigenvalue weighted by molar-refractivity contribution is 7.12. The average molecular weight is 635 g/mol. The van der Waals surface area contributed by atoms with Crippen molar-refractivity contribution in [3.63, 3.8) is 0 Å². The summed E-state index contributed by atoms with van der Waals surface area (Å²) in [5.41, 5.74) is -2.54. The van der Waals surface area contributed by atoms with Gasteiger partial charge in [-0.25, -0.2) is 9.37 Å². The van der Waals surface area contributed by atoms with Crippen molar-refractivity contribution >= 4 is 34.5 Å². The van der Waals surface area contributed by atoms with Crippen LogP contribution in [-0.2, 0) is 13.2 Å². The Balaban J connectivity index is 1.55. The zero-order chi connectivity index (χ0) is 32.1. The molecule has 3 aromatic rings. The number of benzene rings is 1. The third-order valence-electron chi connectivity index (χ3n) is 8.35. The lowest BCUT2D eigenvalue weighted by Gasteiger charge is -2.44. The summed E-state index contributed by atoms with van der Waals surface area (Å²) in [5, 5.41) is 4.28. The second-order valence-corrected chi connectivity index (χ2v) is 12.6. The fourth-order valence-corrected chi connectivity index (χ4v) is 6.20. The van der Waals surface area contributed by atoms with Crippen molar-refractivity contribution < 1.29 is 27.2 Å². The van der Waals surface area contributed by atoms with Gasteiger partial charge in [-0.2, -0.15) is 13.2 Å². The molecule has 2 fully saturated rings. The molecule has 5 rings (SSSR count). The van der Waals surface area contributed by atoms with E-state index >= 15 is 4.39 Å². The molecule has 0 bridgehead atoms. The molecule has 14 heteroatoms. The van der Waals surface area contributed by atoms with Crippen molar-refractivity contribution in [3.8, 4) is 11.3 Å². The van der Waals surface area contributed by atoms with E-state index in [2.05, 4.69) is 15.2 Å². The first-order valence-electron chi connectivity index (χ1n) is 14.2. The van der Waals surface area contributed by atoms with E-state index in [-0.39, 0.29) is 39.9 Å². The SMILES string of the molecule is CC1CN(c2cc(F)c(-c3csc(C(=O)N(C)CC4CC4)n3)cc2NC(=O)c2cn(C)c(=O)cc2C(F)(F)F)CC(C)N1C. The van der Waals surface area contributed by atoms with Crippen LogP contribution < -0.4 is 15.8 Å². The number of piperazine rings is 1. The minimum absolute atomic E-state index is 0.0177. The van der Waals surface area contributed by atoms with Gasteiger partial charge in [0.1, 0.15) is 5.82 Å². The van der Waals surface area contributed by atoms with Crippen LogP contribution in [0.25, 0.3) is 11.3 Å². The quantitative estimate of drug-likeness (QED) is 0.371. The molecule has 2 aliphatic rings. The molecule has 2 atom stereocenters. The number of amides is 2. The number of pyridine rings is 1. The van der Waals surface area contributed by atoms with Gasteiger partial charge in [-0.3, -0.25) is 19.3 Å². The zero-order valence-electron chi connectivity index (χ0n) is 25.0. The highest BCUT2D eigenvalue weighted by atomic mass is 32.1. The number of aryl methyl sites for hydroxylation is 1. The van der Waals surface area contributed by atoms with Crippen molar-refractivity contribution in [2.45, 2.75) is 44.9 Å². The molecule has 44 heavy (non-hydrogen) atoms. The summed E-state index contributed by atoms with van der Waals surface area (Å²) < 4.78 is 58.3. The number of alkyl halides is 3. The van der Waals surface area contributed by atoms with Gasteiger partial charge in [-0.05, 0) is 45.7 Å². The van der Waals surface area contributed by atoms with Crippen molar-refractivity contribution in [3.05, 3.63) is 62.1 Å². The summed E-state index contributed by atoms with van der Waals surface area (Å²) in [7, 11) is 4.91. The lowest BCUT2D eigenvalue weighted by atomic mass is 10.0. The van der Waals surface area contributed by atoms with Gasteiger partial charge in [0.05, 0.1) is 28.2 Å². The van der Waals surface area contributed by atoms with E-state index in [1.807, 2.05) is 25.8 Å². The van der Waals surface area contributed by atoms with Gasteiger partial charge in [0.2, 0.25) is 0 Å². The van der Waals surface area contributed by atoms with E-state index in [1.54, 1.807) is 11.9 Å². The molecule has 2 amide bonds. The molecular formula is C30H34F4N6O3S. The first-order valence-corrected chi connectivity index (χ1v) is 15.1. The van der Waals surface area contributed by atoms with Gasteiger partial charge in [0.25, 0.3) is 17.4 Å². The largest absolute Gasteiger partial charge is 0.417 e. The Morgan fingerprint density at radius 1 is 1.11 bits per heavy atom. The van der Waals surface area contributed by atoms with E-state index < -0.39 is 34.6 Å². The predicted molar refractivity (Wildman–Crippen MR) is 161 cm³/mol. The zero-order valence-corrected chi connectivity index (χ0v) is 25.9. The summed E-state index contributed by atoms with van der Waals surface area (Å²) in [4.78, 5) is 48.4. The Morgan fingerprint density at radius 3 is 2.39 bits per heavy atom. The maximum Gasteiger partial charge on any atom is 0.417 e. The Labute approximate surface area is 256 Å². The smallest absolute Gasteiger partial charge is 0.367 e. The third kappa shape index (κ3) is 6.50. The number of hydrogen-bond acceptors (Lipinski definition) is 7. The molecule has 1 N–H and O–H groups in total. The van der Waals surface area contributed by atoms with Crippen LogP contribution in [0.1, 0.15) is 52.4 Å². The monoisotopic (exact) mass is 634 g/mol.